The van der Waals surface area contributed by atoms with E-state index in [4.69, 9.17) is 0 Å². The first-order chi connectivity index (χ1) is 9.79. The van der Waals surface area contributed by atoms with Crippen LogP contribution in [0.1, 0.15) is 64.4 Å². The zero-order valence-electron chi connectivity index (χ0n) is 13.3. The van der Waals surface area contributed by atoms with Crippen molar-refractivity contribution >= 4 is 0 Å². The first-order valence-electron chi connectivity index (χ1n) is 8.59. The fraction of sp³-hybridized carbons (Fsp3) is 0.684. The second-order valence-electron chi connectivity index (χ2n) is 6.50. The Morgan fingerprint density at radius 2 is 1.70 bits per heavy atom. The van der Waals surface area contributed by atoms with Crippen LogP contribution in [0.3, 0.4) is 0 Å². The van der Waals surface area contributed by atoms with E-state index in [1.807, 2.05) is 0 Å². The first-order valence-corrected chi connectivity index (χ1v) is 8.59. The van der Waals surface area contributed by atoms with E-state index in [2.05, 4.69) is 49.5 Å². The molecule has 1 aromatic carbocycles. The molecule has 20 heavy (non-hydrogen) atoms. The van der Waals surface area contributed by atoms with E-state index in [0.717, 1.165) is 12.3 Å². The summed E-state index contributed by atoms with van der Waals surface area (Å²) in [5, 5.41) is 3.91. The normalized spacial score (nSPS) is 20.3. The van der Waals surface area contributed by atoms with Crippen LogP contribution in [-0.2, 0) is 6.42 Å². The van der Waals surface area contributed by atoms with E-state index in [1.54, 1.807) is 0 Å². The third-order valence-corrected chi connectivity index (χ3v) is 4.92. The molecule has 1 unspecified atom stereocenters. The Morgan fingerprint density at radius 3 is 2.30 bits per heavy atom. The minimum absolute atomic E-state index is 0.621. The van der Waals surface area contributed by atoms with Gasteiger partial charge in [-0.2, -0.15) is 0 Å². The lowest BCUT2D eigenvalue weighted by Crippen LogP contribution is -2.41. The van der Waals surface area contributed by atoms with Crippen LogP contribution < -0.4 is 5.32 Å². The van der Waals surface area contributed by atoms with Gasteiger partial charge in [0, 0.05) is 12.1 Å². The Bertz CT molecular complexity index is 351. The predicted octanol–water partition coefficient (Wildman–Crippen LogP) is 4.96. The van der Waals surface area contributed by atoms with Crippen LogP contribution in [0.15, 0.2) is 30.3 Å². The standard InChI is InChI=1S/C19H31N/c1-3-19(15-17-11-7-6-8-12-17)20-16(2)18-13-9-4-5-10-14-18/h6-8,11-12,16,18-20H,3-5,9-10,13-15H2,1-2H3/t16-,19?/m0/s1. The van der Waals surface area contributed by atoms with Gasteiger partial charge in [0.2, 0.25) is 0 Å². The lowest BCUT2D eigenvalue weighted by atomic mass is 9.91. The zero-order valence-corrected chi connectivity index (χ0v) is 13.3. The van der Waals surface area contributed by atoms with E-state index in [1.165, 1.54) is 50.5 Å². The molecule has 112 valence electrons. The highest BCUT2D eigenvalue weighted by Gasteiger charge is 2.21. The minimum Gasteiger partial charge on any atom is -0.311 e. The topological polar surface area (TPSA) is 12.0 Å². The van der Waals surface area contributed by atoms with Gasteiger partial charge >= 0.3 is 0 Å². The smallest absolute Gasteiger partial charge is 0.0107 e. The van der Waals surface area contributed by atoms with Gasteiger partial charge in [0.15, 0.2) is 0 Å². The van der Waals surface area contributed by atoms with Gasteiger partial charge in [-0.25, -0.2) is 0 Å². The molecule has 0 spiro atoms. The Hall–Kier alpha value is -0.820. The SMILES string of the molecule is CCC(Cc1ccccc1)N[C@@H](C)C1CCCCCC1. The van der Waals surface area contributed by atoms with Gasteiger partial charge in [0.05, 0.1) is 0 Å². The molecule has 2 rings (SSSR count). The number of rotatable bonds is 6. The summed E-state index contributed by atoms with van der Waals surface area (Å²) in [6, 6.07) is 12.2. The lowest BCUT2D eigenvalue weighted by Gasteiger charge is -2.28. The maximum atomic E-state index is 3.91. The summed E-state index contributed by atoms with van der Waals surface area (Å²) in [5.41, 5.74) is 1.46. The first kappa shape index (κ1) is 15.6. The molecule has 1 aromatic rings. The van der Waals surface area contributed by atoms with Crippen LogP contribution in [0, 0.1) is 5.92 Å². The number of nitrogens with one attached hydrogen (secondary N) is 1. The maximum absolute atomic E-state index is 3.91. The molecule has 1 nitrogen and oxygen atoms in total. The average Bonchev–Trinajstić information content (AvgIpc) is 2.76. The summed E-state index contributed by atoms with van der Waals surface area (Å²) in [6.45, 7) is 4.71. The molecule has 1 heteroatoms. The third kappa shape index (κ3) is 4.94. The van der Waals surface area contributed by atoms with Crippen LogP contribution in [0.2, 0.25) is 0 Å². The summed E-state index contributed by atoms with van der Waals surface area (Å²) in [4.78, 5) is 0. The summed E-state index contributed by atoms with van der Waals surface area (Å²) in [5.74, 6) is 0.891. The summed E-state index contributed by atoms with van der Waals surface area (Å²) >= 11 is 0. The van der Waals surface area contributed by atoms with Crippen molar-refractivity contribution < 1.29 is 0 Å². The molecule has 1 aliphatic rings. The highest BCUT2D eigenvalue weighted by atomic mass is 14.9. The van der Waals surface area contributed by atoms with Gasteiger partial charge in [0.1, 0.15) is 0 Å². The molecule has 2 atom stereocenters. The Labute approximate surface area is 125 Å². The van der Waals surface area contributed by atoms with Crippen LogP contribution in [0.4, 0.5) is 0 Å². The molecular formula is C19H31N. The Kier molecular flexibility index (Phi) is 6.59. The molecule has 0 radical (unpaired) electrons. The van der Waals surface area contributed by atoms with Crippen molar-refractivity contribution in [2.24, 2.45) is 5.92 Å². The number of benzene rings is 1. The van der Waals surface area contributed by atoms with Gasteiger partial charge in [-0.15, -0.1) is 0 Å². The molecular weight excluding hydrogens is 242 g/mol. The fourth-order valence-electron chi connectivity index (χ4n) is 3.54. The lowest BCUT2D eigenvalue weighted by molar-refractivity contribution is 0.303. The maximum Gasteiger partial charge on any atom is 0.0107 e. The van der Waals surface area contributed by atoms with Gasteiger partial charge in [0.25, 0.3) is 0 Å². The molecule has 1 saturated carbocycles. The van der Waals surface area contributed by atoms with Gasteiger partial charge in [-0.05, 0) is 44.1 Å². The van der Waals surface area contributed by atoms with E-state index >= 15 is 0 Å². The number of hydrogen-bond donors (Lipinski definition) is 1. The largest absolute Gasteiger partial charge is 0.311 e. The molecule has 0 aliphatic heterocycles. The molecule has 0 saturated heterocycles. The zero-order chi connectivity index (χ0) is 14.2. The van der Waals surface area contributed by atoms with Gasteiger partial charge in [-0.3, -0.25) is 0 Å². The average molecular weight is 273 g/mol. The van der Waals surface area contributed by atoms with Crippen molar-refractivity contribution in [2.75, 3.05) is 0 Å². The molecule has 1 N–H and O–H groups in total. The van der Waals surface area contributed by atoms with Crippen molar-refractivity contribution in [3.8, 4) is 0 Å². The quantitative estimate of drug-likeness (QED) is 0.723. The molecule has 0 aromatic heterocycles. The second kappa shape index (κ2) is 8.46. The molecule has 0 amide bonds. The van der Waals surface area contributed by atoms with Crippen molar-refractivity contribution in [2.45, 2.75) is 77.3 Å². The van der Waals surface area contributed by atoms with E-state index in [9.17, 15) is 0 Å². The highest BCUT2D eigenvalue weighted by Crippen LogP contribution is 2.26. The van der Waals surface area contributed by atoms with Gasteiger partial charge in [-0.1, -0.05) is 62.9 Å². The van der Waals surface area contributed by atoms with Crippen molar-refractivity contribution in [3.63, 3.8) is 0 Å². The van der Waals surface area contributed by atoms with Crippen molar-refractivity contribution in [1.29, 1.82) is 0 Å². The van der Waals surface area contributed by atoms with E-state index in [-0.39, 0.29) is 0 Å². The van der Waals surface area contributed by atoms with Crippen molar-refractivity contribution in [1.82, 2.24) is 5.32 Å². The van der Waals surface area contributed by atoms with Crippen LogP contribution >= 0.6 is 0 Å². The van der Waals surface area contributed by atoms with Crippen LogP contribution in [0.5, 0.6) is 0 Å². The van der Waals surface area contributed by atoms with Crippen LogP contribution in [-0.4, -0.2) is 12.1 Å². The monoisotopic (exact) mass is 273 g/mol. The Morgan fingerprint density at radius 1 is 1.05 bits per heavy atom. The molecule has 1 fully saturated rings. The molecule has 0 bridgehead atoms. The number of hydrogen-bond acceptors (Lipinski definition) is 1. The molecule has 0 heterocycles. The van der Waals surface area contributed by atoms with E-state index < -0.39 is 0 Å². The van der Waals surface area contributed by atoms with E-state index in [0.29, 0.717) is 12.1 Å². The highest BCUT2D eigenvalue weighted by molar-refractivity contribution is 5.15. The third-order valence-electron chi connectivity index (χ3n) is 4.92. The second-order valence-corrected chi connectivity index (χ2v) is 6.50. The summed E-state index contributed by atoms with van der Waals surface area (Å²) < 4.78 is 0. The summed E-state index contributed by atoms with van der Waals surface area (Å²) in [6.07, 6.45) is 11.0. The minimum atomic E-state index is 0.621. The Balaban J connectivity index is 1.85. The van der Waals surface area contributed by atoms with Crippen LogP contribution in [0.25, 0.3) is 0 Å². The van der Waals surface area contributed by atoms with Gasteiger partial charge < -0.3 is 5.32 Å². The van der Waals surface area contributed by atoms with Crippen molar-refractivity contribution in [3.05, 3.63) is 35.9 Å². The molecule has 1 aliphatic carbocycles. The summed E-state index contributed by atoms with van der Waals surface area (Å²) in [7, 11) is 0. The predicted molar refractivity (Wildman–Crippen MR) is 88.0 cm³/mol. The fourth-order valence-corrected chi connectivity index (χ4v) is 3.54.